The van der Waals surface area contributed by atoms with Gasteiger partial charge in [-0.05, 0) is 78.4 Å². The fraction of sp³-hybridized carbons (Fsp3) is 0.182. The molecule has 0 saturated carbocycles. The zero-order valence-electron chi connectivity index (χ0n) is 22.8. The predicted octanol–water partition coefficient (Wildman–Crippen LogP) is 9.60. The molecule has 0 unspecified atom stereocenters. The van der Waals surface area contributed by atoms with Gasteiger partial charge in [-0.15, -0.1) is 0 Å². The highest BCUT2D eigenvalue weighted by molar-refractivity contribution is 6.23. The van der Waals surface area contributed by atoms with E-state index in [2.05, 4.69) is 60.4 Å². The van der Waals surface area contributed by atoms with Gasteiger partial charge < -0.3 is 8.83 Å². The molecule has 0 fully saturated rings. The molecular formula is C33H27NO2. The number of rotatable bonds is 2. The Hall–Kier alpha value is -4.11. The molecule has 7 rings (SSSR count). The van der Waals surface area contributed by atoms with E-state index in [0.29, 0.717) is 11.3 Å². The van der Waals surface area contributed by atoms with Gasteiger partial charge in [-0.25, -0.2) is 0 Å². The molecule has 0 atom stereocenters. The molecule has 0 amide bonds. The lowest BCUT2D eigenvalue weighted by molar-refractivity contribution is 0.411. The summed E-state index contributed by atoms with van der Waals surface area (Å²) in [5.41, 5.74) is 6.07. The molecule has 7 aromatic rings. The van der Waals surface area contributed by atoms with Crippen molar-refractivity contribution in [3.63, 3.8) is 0 Å². The van der Waals surface area contributed by atoms with Gasteiger partial charge in [0.25, 0.3) is 0 Å². The summed E-state index contributed by atoms with van der Waals surface area (Å²) in [6.07, 6.45) is 0.171. The summed E-state index contributed by atoms with van der Waals surface area (Å²) in [4.78, 5) is 4.62. The average Bonchev–Trinajstić information content (AvgIpc) is 3.46. The quantitative estimate of drug-likeness (QED) is 0.252. The Morgan fingerprint density at radius 1 is 0.722 bits per heavy atom. The molecule has 3 heteroatoms. The molecular weight excluding hydrogens is 442 g/mol. The molecule has 3 nitrogen and oxygen atoms in total. The first-order valence-electron chi connectivity index (χ1n) is 13.3. The van der Waals surface area contributed by atoms with Crippen molar-refractivity contribution < 1.29 is 11.6 Å². The van der Waals surface area contributed by atoms with E-state index >= 15 is 0 Å². The van der Waals surface area contributed by atoms with Crippen LogP contribution in [0.1, 0.15) is 34.6 Å². The van der Waals surface area contributed by atoms with Gasteiger partial charge in [0.05, 0.1) is 5.69 Å². The van der Waals surface area contributed by atoms with Crippen LogP contribution in [0.2, 0.25) is 0 Å². The molecule has 0 radical (unpaired) electrons. The largest absolute Gasteiger partial charge is 0.455 e. The van der Waals surface area contributed by atoms with Gasteiger partial charge in [-0.2, -0.15) is 0 Å². The van der Waals surface area contributed by atoms with Crippen LogP contribution in [-0.2, 0) is 6.37 Å². The number of para-hydroxylation sites is 1. The van der Waals surface area contributed by atoms with Crippen molar-refractivity contribution in [2.75, 3.05) is 0 Å². The zero-order chi connectivity index (χ0) is 26.4. The molecule has 0 bridgehead atoms. The SMILES string of the molecule is [2H]C([2H])(c1ccnc(-c2cccc3c2oc2c3ccc3c2ccc2c4ccc(C)cc4oc23)c1)C(C)(C)C. The third-order valence-corrected chi connectivity index (χ3v) is 6.81. The zero-order valence-corrected chi connectivity index (χ0v) is 20.8. The number of hydrogen-bond donors (Lipinski definition) is 0. The van der Waals surface area contributed by atoms with E-state index < -0.39 is 11.8 Å². The second-order valence-electron chi connectivity index (χ2n) is 10.7. The van der Waals surface area contributed by atoms with Gasteiger partial charge in [0.1, 0.15) is 22.3 Å². The van der Waals surface area contributed by atoms with Crippen molar-refractivity contribution in [1.82, 2.24) is 4.98 Å². The Labute approximate surface area is 212 Å². The van der Waals surface area contributed by atoms with E-state index in [-0.39, 0.29) is 0 Å². The summed E-state index contributed by atoms with van der Waals surface area (Å²) in [6, 6.07) is 24.5. The van der Waals surface area contributed by atoms with Crippen LogP contribution in [0.15, 0.2) is 87.8 Å². The minimum atomic E-state index is -1.51. The second kappa shape index (κ2) is 7.44. The molecule has 0 saturated heterocycles. The number of hydrogen-bond acceptors (Lipinski definition) is 3. The number of nitrogens with zero attached hydrogens (tertiary/aromatic N) is 1. The molecule has 3 heterocycles. The highest BCUT2D eigenvalue weighted by Gasteiger charge is 2.18. The predicted molar refractivity (Wildman–Crippen MR) is 150 cm³/mol. The maximum absolute atomic E-state index is 8.74. The Kier molecular flexibility index (Phi) is 3.95. The minimum Gasteiger partial charge on any atom is -0.455 e. The van der Waals surface area contributed by atoms with E-state index in [1.165, 1.54) is 5.56 Å². The maximum Gasteiger partial charge on any atom is 0.144 e. The van der Waals surface area contributed by atoms with Crippen LogP contribution in [0.4, 0.5) is 0 Å². The number of furan rings is 2. The molecule has 0 N–H and O–H groups in total. The van der Waals surface area contributed by atoms with E-state index in [9.17, 15) is 0 Å². The third-order valence-electron chi connectivity index (χ3n) is 6.81. The van der Waals surface area contributed by atoms with Gasteiger partial charge in [-0.3, -0.25) is 4.98 Å². The number of benzene rings is 4. The van der Waals surface area contributed by atoms with Crippen LogP contribution < -0.4 is 0 Å². The molecule has 176 valence electrons. The standard InChI is InChI=1S/C33H27NO2/c1-19-8-9-21-23-10-11-26-25(30(23)35-29(21)16-19)13-12-24-22-6-5-7-27(32(22)36-31(24)26)28-17-20(14-15-34-28)18-33(2,3)4/h5-17H,18H2,1-4H3/i18D2. The Bertz CT molecular complexity index is 2060. The second-order valence-corrected chi connectivity index (χ2v) is 10.7. The van der Waals surface area contributed by atoms with Crippen molar-refractivity contribution in [2.45, 2.75) is 34.1 Å². The number of aromatic nitrogens is 1. The fourth-order valence-corrected chi connectivity index (χ4v) is 5.29. The molecule has 0 aliphatic heterocycles. The van der Waals surface area contributed by atoms with Crippen LogP contribution in [0.3, 0.4) is 0 Å². The monoisotopic (exact) mass is 471 g/mol. The third kappa shape index (κ3) is 3.23. The molecule has 4 aromatic carbocycles. The lowest BCUT2D eigenvalue weighted by Gasteiger charge is -2.18. The molecule has 0 aliphatic carbocycles. The van der Waals surface area contributed by atoms with Crippen molar-refractivity contribution in [3.05, 3.63) is 90.1 Å². The highest BCUT2D eigenvalue weighted by Crippen LogP contribution is 2.41. The molecule has 0 aliphatic rings. The summed E-state index contributed by atoms with van der Waals surface area (Å²) in [7, 11) is 0. The first-order valence-corrected chi connectivity index (χ1v) is 12.3. The normalized spacial score (nSPS) is 13.8. The Balaban J connectivity index is 1.47. The average molecular weight is 472 g/mol. The fourth-order valence-electron chi connectivity index (χ4n) is 5.29. The van der Waals surface area contributed by atoms with Gasteiger partial charge in [0, 0.05) is 46.8 Å². The van der Waals surface area contributed by atoms with Crippen LogP contribution >= 0.6 is 0 Å². The van der Waals surface area contributed by atoms with Crippen molar-refractivity contribution in [3.8, 4) is 11.3 Å². The maximum atomic E-state index is 8.74. The van der Waals surface area contributed by atoms with E-state index in [0.717, 1.165) is 60.2 Å². The van der Waals surface area contributed by atoms with Crippen molar-refractivity contribution in [2.24, 2.45) is 5.41 Å². The van der Waals surface area contributed by atoms with E-state index in [1.54, 1.807) is 12.3 Å². The molecule has 0 spiro atoms. The van der Waals surface area contributed by atoms with Gasteiger partial charge >= 0.3 is 0 Å². The van der Waals surface area contributed by atoms with Gasteiger partial charge in [0.15, 0.2) is 0 Å². The summed E-state index contributed by atoms with van der Waals surface area (Å²) in [6.45, 7) is 7.82. The summed E-state index contributed by atoms with van der Waals surface area (Å²) in [5, 5.41) is 6.26. The first kappa shape index (κ1) is 19.1. The Morgan fingerprint density at radius 3 is 2.08 bits per heavy atom. The lowest BCUT2D eigenvalue weighted by Crippen LogP contribution is -2.09. The van der Waals surface area contributed by atoms with Crippen LogP contribution in [-0.4, -0.2) is 4.98 Å². The lowest BCUT2D eigenvalue weighted by atomic mass is 9.88. The van der Waals surface area contributed by atoms with E-state index in [4.69, 9.17) is 11.6 Å². The van der Waals surface area contributed by atoms with Gasteiger partial charge in [-0.1, -0.05) is 45.0 Å². The topological polar surface area (TPSA) is 39.2 Å². The molecule has 3 aromatic heterocycles. The van der Waals surface area contributed by atoms with Crippen LogP contribution in [0, 0.1) is 12.3 Å². The summed E-state index contributed by atoms with van der Waals surface area (Å²) < 4.78 is 30.4. The molecule has 36 heavy (non-hydrogen) atoms. The van der Waals surface area contributed by atoms with E-state index in [1.807, 2.05) is 39.0 Å². The number of fused-ring (bicyclic) bond motifs is 9. The van der Waals surface area contributed by atoms with Crippen LogP contribution in [0.25, 0.3) is 65.9 Å². The first-order chi connectivity index (χ1) is 18.1. The number of aryl methyl sites for hydroxylation is 1. The number of pyridine rings is 1. The smallest absolute Gasteiger partial charge is 0.144 e. The van der Waals surface area contributed by atoms with Crippen molar-refractivity contribution >= 4 is 54.6 Å². The Morgan fingerprint density at radius 2 is 1.36 bits per heavy atom. The minimum absolute atomic E-state index is 0.559. The van der Waals surface area contributed by atoms with Crippen LogP contribution in [0.5, 0.6) is 0 Å². The van der Waals surface area contributed by atoms with Gasteiger partial charge in [0.2, 0.25) is 0 Å². The summed E-state index contributed by atoms with van der Waals surface area (Å²) in [5.74, 6) is 0. The highest BCUT2D eigenvalue weighted by atomic mass is 16.3. The van der Waals surface area contributed by atoms with Crippen molar-refractivity contribution in [1.29, 1.82) is 0 Å². The summed E-state index contributed by atoms with van der Waals surface area (Å²) >= 11 is 0.